The van der Waals surface area contributed by atoms with Crippen molar-refractivity contribution in [1.29, 1.82) is 0 Å². The maximum Gasteiger partial charge on any atom is 0.244 e. The molecule has 1 heterocycles. The minimum Gasteiger partial charge on any atom is -0.301 e. The zero-order chi connectivity index (χ0) is 20.1. The fourth-order valence-corrected chi connectivity index (χ4v) is 4.50. The van der Waals surface area contributed by atoms with E-state index < -0.39 is 32.7 Å². The van der Waals surface area contributed by atoms with Gasteiger partial charge in [0.15, 0.2) is 5.13 Å². The number of thiazole rings is 1. The maximum atomic E-state index is 14.0. The number of anilines is 1. The number of aryl methyl sites for hydroxylation is 1. The molecule has 3 aromatic rings. The van der Waals surface area contributed by atoms with Crippen molar-refractivity contribution in [3.63, 3.8) is 0 Å². The molecule has 0 aliphatic carbocycles. The van der Waals surface area contributed by atoms with Gasteiger partial charge in [0.05, 0.1) is 0 Å². The molecule has 1 unspecified atom stereocenters. The predicted molar refractivity (Wildman–Crippen MR) is 106 cm³/mol. The summed E-state index contributed by atoms with van der Waals surface area (Å²) < 4.78 is 41.6. The standard InChI is InChI=1S/C19H18FN3O3S2/c1-13-12-21-19(27-13)22-18(24)16(11-14-7-3-2-4-8-14)23-28(25,26)17-10-6-5-9-15(17)20/h2-10,12,16,23H,11H2,1H3,(H,21,22,24). The van der Waals surface area contributed by atoms with E-state index in [9.17, 15) is 17.6 Å². The summed E-state index contributed by atoms with van der Waals surface area (Å²) in [5.74, 6) is -1.46. The van der Waals surface area contributed by atoms with Crippen molar-refractivity contribution in [1.82, 2.24) is 9.71 Å². The molecule has 0 fully saturated rings. The van der Waals surface area contributed by atoms with Crippen molar-refractivity contribution in [2.24, 2.45) is 0 Å². The Kier molecular flexibility index (Phi) is 6.18. The van der Waals surface area contributed by atoms with Crippen molar-refractivity contribution in [2.75, 3.05) is 5.32 Å². The van der Waals surface area contributed by atoms with Crippen molar-refractivity contribution in [3.8, 4) is 0 Å². The average molecular weight is 420 g/mol. The van der Waals surface area contributed by atoms with E-state index in [0.717, 1.165) is 22.6 Å². The molecule has 6 nitrogen and oxygen atoms in total. The largest absolute Gasteiger partial charge is 0.301 e. The third-order valence-corrected chi connectivity index (χ3v) is 6.21. The number of nitrogens with one attached hydrogen (secondary N) is 2. The number of benzene rings is 2. The van der Waals surface area contributed by atoms with Crippen LogP contribution in [0.15, 0.2) is 65.7 Å². The number of carbonyl (C=O) groups is 1. The van der Waals surface area contributed by atoms with Crippen LogP contribution >= 0.6 is 11.3 Å². The fraction of sp³-hybridized carbons (Fsp3) is 0.158. The minimum atomic E-state index is -4.25. The molecule has 2 N–H and O–H groups in total. The molecular formula is C19H18FN3O3S2. The number of aromatic nitrogens is 1. The van der Waals surface area contributed by atoms with Crippen LogP contribution in [0.3, 0.4) is 0 Å². The molecule has 28 heavy (non-hydrogen) atoms. The van der Waals surface area contributed by atoms with E-state index in [-0.39, 0.29) is 6.42 Å². The summed E-state index contributed by atoms with van der Waals surface area (Å²) in [5.41, 5.74) is 0.759. The molecule has 0 saturated carbocycles. The van der Waals surface area contributed by atoms with Gasteiger partial charge in [0.25, 0.3) is 0 Å². The Bertz CT molecular complexity index is 1070. The van der Waals surface area contributed by atoms with Gasteiger partial charge in [-0.25, -0.2) is 17.8 Å². The Morgan fingerprint density at radius 2 is 1.82 bits per heavy atom. The zero-order valence-electron chi connectivity index (χ0n) is 14.9. The van der Waals surface area contributed by atoms with E-state index in [2.05, 4.69) is 15.0 Å². The van der Waals surface area contributed by atoms with Gasteiger partial charge in [-0.3, -0.25) is 4.79 Å². The highest BCUT2D eigenvalue weighted by molar-refractivity contribution is 7.89. The molecule has 0 aliphatic rings. The van der Waals surface area contributed by atoms with Crippen LogP contribution in [0.2, 0.25) is 0 Å². The number of nitrogens with zero attached hydrogens (tertiary/aromatic N) is 1. The summed E-state index contributed by atoms with van der Waals surface area (Å²) in [5, 5.41) is 2.99. The summed E-state index contributed by atoms with van der Waals surface area (Å²) in [6, 6.07) is 12.8. The quantitative estimate of drug-likeness (QED) is 0.616. The second kappa shape index (κ2) is 8.59. The maximum absolute atomic E-state index is 14.0. The monoisotopic (exact) mass is 419 g/mol. The lowest BCUT2D eigenvalue weighted by atomic mass is 10.1. The van der Waals surface area contributed by atoms with Gasteiger partial charge in [-0.2, -0.15) is 4.72 Å². The van der Waals surface area contributed by atoms with Crippen LogP contribution in [0.25, 0.3) is 0 Å². The van der Waals surface area contributed by atoms with Gasteiger partial charge in [-0.05, 0) is 31.0 Å². The van der Waals surface area contributed by atoms with E-state index in [1.807, 2.05) is 13.0 Å². The lowest BCUT2D eigenvalue weighted by molar-refractivity contribution is -0.117. The minimum absolute atomic E-state index is 0.102. The molecule has 3 rings (SSSR count). The number of carbonyl (C=O) groups excluding carboxylic acids is 1. The molecule has 0 aliphatic heterocycles. The SMILES string of the molecule is Cc1cnc(NC(=O)C(Cc2ccccc2)NS(=O)(=O)c2ccccc2F)s1. The summed E-state index contributed by atoms with van der Waals surface area (Å²) in [6.45, 7) is 1.84. The Balaban J connectivity index is 1.87. The Morgan fingerprint density at radius 3 is 2.46 bits per heavy atom. The lowest BCUT2D eigenvalue weighted by Crippen LogP contribution is -2.45. The number of rotatable bonds is 7. The Hall–Kier alpha value is -2.62. The molecule has 2 aromatic carbocycles. The highest BCUT2D eigenvalue weighted by atomic mass is 32.2. The lowest BCUT2D eigenvalue weighted by Gasteiger charge is -2.18. The third-order valence-electron chi connectivity index (χ3n) is 3.87. The van der Waals surface area contributed by atoms with E-state index >= 15 is 0 Å². The van der Waals surface area contributed by atoms with E-state index in [1.54, 1.807) is 30.5 Å². The first-order valence-corrected chi connectivity index (χ1v) is 10.7. The molecule has 1 aromatic heterocycles. The number of sulfonamides is 1. The molecular weight excluding hydrogens is 401 g/mol. The van der Waals surface area contributed by atoms with Gasteiger partial charge in [0.1, 0.15) is 16.8 Å². The van der Waals surface area contributed by atoms with Crippen LogP contribution in [0, 0.1) is 12.7 Å². The van der Waals surface area contributed by atoms with Crippen LogP contribution in [-0.2, 0) is 21.2 Å². The van der Waals surface area contributed by atoms with Crippen LogP contribution in [0.5, 0.6) is 0 Å². The first kappa shape index (κ1) is 20.1. The number of hydrogen-bond acceptors (Lipinski definition) is 5. The molecule has 0 spiro atoms. The molecule has 1 amide bonds. The normalized spacial score (nSPS) is 12.5. The number of halogens is 1. The van der Waals surface area contributed by atoms with Crippen LogP contribution in [-0.4, -0.2) is 25.4 Å². The summed E-state index contributed by atoms with van der Waals surface area (Å²) >= 11 is 1.28. The van der Waals surface area contributed by atoms with E-state index in [4.69, 9.17) is 0 Å². The van der Waals surface area contributed by atoms with Gasteiger partial charge < -0.3 is 5.32 Å². The first-order chi connectivity index (χ1) is 13.3. The van der Waals surface area contributed by atoms with Crippen molar-refractivity contribution in [3.05, 3.63) is 77.1 Å². The second-order valence-electron chi connectivity index (χ2n) is 6.06. The van der Waals surface area contributed by atoms with Crippen LogP contribution in [0.1, 0.15) is 10.4 Å². The van der Waals surface area contributed by atoms with E-state index in [1.165, 1.54) is 23.5 Å². The van der Waals surface area contributed by atoms with E-state index in [0.29, 0.717) is 5.13 Å². The smallest absolute Gasteiger partial charge is 0.244 e. The number of amides is 1. The predicted octanol–water partition coefficient (Wildman–Crippen LogP) is 3.12. The third kappa shape index (κ3) is 5.00. The molecule has 0 saturated heterocycles. The fourth-order valence-electron chi connectivity index (χ4n) is 2.56. The second-order valence-corrected chi connectivity index (χ2v) is 8.98. The van der Waals surface area contributed by atoms with Crippen molar-refractivity contribution < 1.29 is 17.6 Å². The van der Waals surface area contributed by atoms with Gasteiger partial charge in [0.2, 0.25) is 15.9 Å². The average Bonchev–Trinajstić information content (AvgIpc) is 3.07. The summed E-state index contributed by atoms with van der Waals surface area (Å²) in [7, 11) is -4.25. The van der Waals surface area contributed by atoms with Gasteiger partial charge in [0, 0.05) is 11.1 Å². The number of hydrogen-bond donors (Lipinski definition) is 2. The van der Waals surface area contributed by atoms with Gasteiger partial charge in [-0.15, -0.1) is 11.3 Å². The molecule has 0 bridgehead atoms. The summed E-state index contributed by atoms with van der Waals surface area (Å²) in [6.07, 6.45) is 1.71. The van der Waals surface area contributed by atoms with Gasteiger partial charge >= 0.3 is 0 Å². The van der Waals surface area contributed by atoms with Gasteiger partial charge in [-0.1, -0.05) is 42.5 Å². The topological polar surface area (TPSA) is 88.2 Å². The van der Waals surface area contributed by atoms with Crippen molar-refractivity contribution >= 4 is 32.4 Å². The highest BCUT2D eigenvalue weighted by Crippen LogP contribution is 2.19. The van der Waals surface area contributed by atoms with Crippen LogP contribution in [0.4, 0.5) is 9.52 Å². The van der Waals surface area contributed by atoms with Crippen LogP contribution < -0.4 is 10.0 Å². The molecule has 0 radical (unpaired) electrons. The molecule has 1 atom stereocenters. The zero-order valence-corrected chi connectivity index (χ0v) is 16.6. The highest BCUT2D eigenvalue weighted by Gasteiger charge is 2.28. The summed E-state index contributed by atoms with van der Waals surface area (Å²) in [4.78, 5) is 17.2. The first-order valence-electron chi connectivity index (χ1n) is 8.39. The van der Waals surface area contributed by atoms with Crippen molar-refractivity contribution in [2.45, 2.75) is 24.3 Å². The molecule has 9 heteroatoms. The Labute approximate surface area is 166 Å². The Morgan fingerprint density at radius 1 is 1.14 bits per heavy atom. The molecule has 146 valence electrons.